The van der Waals surface area contributed by atoms with Crippen LogP contribution < -0.4 is 0 Å². The predicted molar refractivity (Wildman–Crippen MR) is 86.2 cm³/mol. The third-order valence-electron chi connectivity index (χ3n) is 6.03. The van der Waals surface area contributed by atoms with E-state index in [0.29, 0.717) is 0 Å². The van der Waals surface area contributed by atoms with Gasteiger partial charge in [0.15, 0.2) is 0 Å². The highest BCUT2D eigenvalue weighted by Crippen LogP contribution is 2.68. The molecule has 0 unspecified atom stereocenters. The molecular weight excluding hydrogens is 232 g/mol. The smallest absolute Gasteiger partial charge is 0.107 e. The molecule has 0 spiro atoms. The second-order valence-electron chi connectivity index (χ2n) is 6.73. The molecule has 1 saturated heterocycles. The van der Waals surface area contributed by atoms with Crippen LogP contribution in [0.3, 0.4) is 0 Å². The van der Waals surface area contributed by atoms with Crippen molar-refractivity contribution in [1.29, 1.82) is 0 Å². The van der Waals surface area contributed by atoms with Crippen molar-refractivity contribution in [3.63, 3.8) is 0 Å². The Morgan fingerprint density at radius 3 is 1.67 bits per heavy atom. The zero-order valence-corrected chi connectivity index (χ0v) is 13.6. The highest BCUT2D eigenvalue weighted by Gasteiger charge is 2.62. The largest absolute Gasteiger partial charge is 0.115 e. The third kappa shape index (κ3) is 1.49. The maximum Gasteiger partial charge on any atom is 0.115 e. The highest BCUT2D eigenvalue weighted by molar-refractivity contribution is 6.92. The Bertz CT molecular complexity index is 368. The molecule has 1 rings (SSSR count). The van der Waals surface area contributed by atoms with Gasteiger partial charge in [0.05, 0.1) is 0 Å². The molecule has 1 heteroatoms. The second kappa shape index (κ2) is 4.38. The van der Waals surface area contributed by atoms with Crippen molar-refractivity contribution in [2.45, 2.75) is 45.2 Å². The van der Waals surface area contributed by atoms with Gasteiger partial charge in [-0.05, 0) is 23.3 Å². The lowest BCUT2D eigenvalue weighted by Crippen LogP contribution is -2.59. The molecule has 0 saturated carbocycles. The quantitative estimate of drug-likeness (QED) is 0.465. The van der Waals surface area contributed by atoms with Crippen LogP contribution >= 0.6 is 0 Å². The summed E-state index contributed by atoms with van der Waals surface area (Å²) in [6.07, 6.45) is 5.46. The molecule has 0 atom stereocenters. The maximum absolute atomic E-state index is 4.15. The Kier molecular flexibility index (Phi) is 3.70. The van der Waals surface area contributed by atoms with Gasteiger partial charge in [-0.2, -0.15) is 0 Å². The molecule has 0 bridgehead atoms. The summed E-state index contributed by atoms with van der Waals surface area (Å²) in [5.74, 6) is 0. The average Bonchev–Trinajstić information content (AvgIpc) is 2.33. The summed E-state index contributed by atoms with van der Waals surface area (Å²) in [6, 6.07) is 1.19. The van der Waals surface area contributed by atoms with E-state index in [2.05, 4.69) is 77.6 Å². The minimum atomic E-state index is -1.84. The molecule has 0 aromatic heterocycles. The monoisotopic (exact) mass is 260 g/mol. The van der Waals surface area contributed by atoms with Crippen LogP contribution in [-0.2, 0) is 0 Å². The summed E-state index contributed by atoms with van der Waals surface area (Å²) in [6.45, 7) is 26.0. The third-order valence-corrected chi connectivity index (χ3v) is 11.1. The molecule has 0 N–H and O–H groups in total. The molecule has 18 heavy (non-hydrogen) atoms. The van der Waals surface area contributed by atoms with E-state index in [0.717, 1.165) is 0 Å². The SMILES string of the molecule is C=CC1(C=C)C(C)(C)C(C)(C)CC[Si]1(C=C)C=C. The zero-order valence-electron chi connectivity index (χ0n) is 12.6. The van der Waals surface area contributed by atoms with Gasteiger partial charge in [-0.3, -0.25) is 0 Å². The van der Waals surface area contributed by atoms with E-state index in [1.807, 2.05) is 0 Å². The van der Waals surface area contributed by atoms with Crippen LogP contribution in [0.2, 0.25) is 11.1 Å². The van der Waals surface area contributed by atoms with E-state index in [4.69, 9.17) is 0 Å². The Hall–Kier alpha value is -0.823. The molecule has 0 aromatic carbocycles. The molecule has 1 aliphatic heterocycles. The van der Waals surface area contributed by atoms with Gasteiger partial charge in [0.25, 0.3) is 0 Å². The first kappa shape index (κ1) is 15.2. The van der Waals surface area contributed by atoms with Crippen molar-refractivity contribution in [3.8, 4) is 0 Å². The lowest BCUT2D eigenvalue weighted by atomic mass is 9.59. The topological polar surface area (TPSA) is 0 Å². The van der Waals surface area contributed by atoms with Crippen LogP contribution in [0.1, 0.15) is 34.1 Å². The first-order valence-electron chi connectivity index (χ1n) is 6.74. The summed E-state index contributed by atoms with van der Waals surface area (Å²) in [4.78, 5) is 0. The summed E-state index contributed by atoms with van der Waals surface area (Å²) >= 11 is 0. The van der Waals surface area contributed by atoms with E-state index in [1.165, 1.54) is 12.5 Å². The van der Waals surface area contributed by atoms with Crippen molar-refractivity contribution in [1.82, 2.24) is 0 Å². The fourth-order valence-corrected chi connectivity index (χ4v) is 8.74. The van der Waals surface area contributed by atoms with E-state index in [9.17, 15) is 0 Å². The Labute approximate surface area is 114 Å². The zero-order chi connectivity index (χ0) is 14.2. The van der Waals surface area contributed by atoms with E-state index < -0.39 is 8.07 Å². The lowest BCUT2D eigenvalue weighted by molar-refractivity contribution is 0.0672. The molecule has 100 valence electrons. The van der Waals surface area contributed by atoms with Gasteiger partial charge < -0.3 is 0 Å². The van der Waals surface area contributed by atoms with E-state index in [-0.39, 0.29) is 15.9 Å². The number of hydrogen-bond donors (Lipinski definition) is 0. The Balaban J connectivity index is 3.64. The van der Waals surface area contributed by atoms with Gasteiger partial charge in [0.1, 0.15) is 8.07 Å². The Morgan fingerprint density at radius 2 is 1.33 bits per heavy atom. The van der Waals surface area contributed by atoms with Crippen LogP contribution in [0.4, 0.5) is 0 Å². The van der Waals surface area contributed by atoms with Crippen molar-refractivity contribution >= 4 is 8.07 Å². The van der Waals surface area contributed by atoms with Crippen molar-refractivity contribution in [2.24, 2.45) is 10.8 Å². The molecule has 1 fully saturated rings. The summed E-state index contributed by atoms with van der Waals surface area (Å²) in [5, 5.41) is -0.0642. The molecule has 0 amide bonds. The Morgan fingerprint density at radius 1 is 0.889 bits per heavy atom. The second-order valence-corrected chi connectivity index (χ2v) is 11.0. The average molecular weight is 260 g/mol. The van der Waals surface area contributed by atoms with Gasteiger partial charge in [0.2, 0.25) is 0 Å². The standard InChI is InChI=1S/C17H28Si/c1-9-17(10-2)16(7,8)15(5,6)13-14-18(17,11-3)12-4/h9-12H,1-4,13-14H2,5-8H3. The van der Waals surface area contributed by atoms with Crippen molar-refractivity contribution in [3.05, 3.63) is 49.9 Å². The van der Waals surface area contributed by atoms with Gasteiger partial charge in [-0.25, -0.2) is 0 Å². The molecule has 1 aliphatic rings. The normalized spacial score (nSPS) is 26.9. The molecule has 0 radical (unpaired) electrons. The lowest BCUT2D eigenvalue weighted by Gasteiger charge is -2.63. The summed E-state index contributed by atoms with van der Waals surface area (Å²) < 4.78 is 0. The minimum Gasteiger partial charge on any atom is -0.107 e. The van der Waals surface area contributed by atoms with Gasteiger partial charge >= 0.3 is 0 Å². The number of hydrogen-bond acceptors (Lipinski definition) is 0. The first-order valence-corrected chi connectivity index (χ1v) is 9.11. The van der Waals surface area contributed by atoms with E-state index >= 15 is 0 Å². The van der Waals surface area contributed by atoms with Crippen LogP contribution in [0.15, 0.2) is 49.9 Å². The van der Waals surface area contributed by atoms with Gasteiger partial charge in [-0.15, -0.1) is 26.3 Å². The fraction of sp³-hybridized carbons (Fsp3) is 0.529. The molecule has 0 aromatic rings. The van der Waals surface area contributed by atoms with Crippen molar-refractivity contribution in [2.75, 3.05) is 0 Å². The predicted octanol–water partition coefficient (Wildman–Crippen LogP) is 5.45. The van der Waals surface area contributed by atoms with Gasteiger partial charge in [-0.1, -0.05) is 51.2 Å². The van der Waals surface area contributed by atoms with Crippen molar-refractivity contribution < 1.29 is 0 Å². The summed E-state index contributed by atoms with van der Waals surface area (Å²) in [5.41, 5.74) is 4.73. The summed E-state index contributed by atoms with van der Waals surface area (Å²) in [7, 11) is -1.84. The molecule has 0 aliphatic carbocycles. The van der Waals surface area contributed by atoms with Crippen LogP contribution in [0.5, 0.6) is 0 Å². The maximum atomic E-state index is 4.15. The van der Waals surface area contributed by atoms with Crippen LogP contribution in [0.25, 0.3) is 0 Å². The molecular formula is C17H28Si. The molecule has 1 heterocycles. The minimum absolute atomic E-state index is 0.0642. The van der Waals surface area contributed by atoms with Crippen LogP contribution in [-0.4, -0.2) is 8.07 Å². The number of allylic oxidation sites excluding steroid dienone is 2. The first-order chi connectivity index (χ1) is 8.20. The van der Waals surface area contributed by atoms with Crippen LogP contribution in [0, 0.1) is 10.8 Å². The number of rotatable bonds is 4. The van der Waals surface area contributed by atoms with E-state index in [1.54, 1.807) is 0 Å². The fourth-order valence-electron chi connectivity index (χ4n) is 3.78. The highest BCUT2D eigenvalue weighted by atomic mass is 28.3. The molecule has 0 nitrogen and oxygen atoms in total. The van der Waals surface area contributed by atoms with Gasteiger partial charge in [0, 0.05) is 5.04 Å².